The van der Waals surface area contributed by atoms with Crippen LogP contribution in [0.4, 0.5) is 10.5 Å². The van der Waals surface area contributed by atoms with E-state index in [9.17, 15) is 9.59 Å². The molecule has 1 unspecified atom stereocenters. The SMILES string of the molecule is CC(C)(COC(=O)Nc1ccccc1)N1C(=O)CSC1c1ccc(Cl)cc1. The molecule has 1 aliphatic rings. The monoisotopic (exact) mass is 404 g/mol. The summed E-state index contributed by atoms with van der Waals surface area (Å²) in [6, 6.07) is 16.6. The quantitative estimate of drug-likeness (QED) is 0.766. The Morgan fingerprint density at radius 2 is 1.89 bits per heavy atom. The molecular formula is C20H21ClN2O3S. The van der Waals surface area contributed by atoms with Gasteiger partial charge in [0.1, 0.15) is 12.0 Å². The third kappa shape index (κ3) is 4.76. The van der Waals surface area contributed by atoms with Gasteiger partial charge in [-0.15, -0.1) is 11.8 Å². The zero-order chi connectivity index (χ0) is 19.4. The molecule has 3 rings (SSSR count). The summed E-state index contributed by atoms with van der Waals surface area (Å²) in [7, 11) is 0. The Bertz CT molecular complexity index is 812. The Kier molecular flexibility index (Phi) is 5.97. The number of para-hydroxylation sites is 1. The van der Waals surface area contributed by atoms with Gasteiger partial charge < -0.3 is 9.64 Å². The van der Waals surface area contributed by atoms with Crippen molar-refractivity contribution in [1.82, 2.24) is 4.90 Å². The number of rotatable bonds is 5. The van der Waals surface area contributed by atoms with Crippen molar-refractivity contribution in [2.45, 2.75) is 24.8 Å². The summed E-state index contributed by atoms with van der Waals surface area (Å²) in [6.45, 7) is 3.88. The molecule has 0 radical (unpaired) electrons. The van der Waals surface area contributed by atoms with Gasteiger partial charge in [0.2, 0.25) is 5.91 Å². The maximum absolute atomic E-state index is 12.5. The molecule has 1 fully saturated rings. The molecule has 1 saturated heterocycles. The lowest BCUT2D eigenvalue weighted by Crippen LogP contribution is -2.49. The minimum atomic E-state index is -0.654. The normalized spacial score (nSPS) is 17.1. The molecule has 2 amide bonds. The third-order valence-corrected chi connectivity index (χ3v) is 5.72. The predicted molar refractivity (Wildman–Crippen MR) is 109 cm³/mol. The first-order valence-corrected chi connectivity index (χ1v) is 9.97. The maximum Gasteiger partial charge on any atom is 0.411 e. The first kappa shape index (κ1) is 19.6. The summed E-state index contributed by atoms with van der Waals surface area (Å²) in [5.74, 6) is 0.421. The van der Waals surface area contributed by atoms with Gasteiger partial charge in [-0.3, -0.25) is 10.1 Å². The molecular weight excluding hydrogens is 384 g/mol. The van der Waals surface area contributed by atoms with Crippen LogP contribution < -0.4 is 5.32 Å². The van der Waals surface area contributed by atoms with Crippen LogP contribution in [0.3, 0.4) is 0 Å². The largest absolute Gasteiger partial charge is 0.447 e. The number of amides is 2. The second-order valence-corrected chi connectivity index (χ2v) is 8.36. The zero-order valence-corrected chi connectivity index (χ0v) is 16.7. The van der Waals surface area contributed by atoms with E-state index >= 15 is 0 Å². The summed E-state index contributed by atoms with van der Waals surface area (Å²) in [5, 5.41) is 3.20. The van der Waals surface area contributed by atoms with E-state index in [1.807, 2.05) is 56.3 Å². The van der Waals surface area contributed by atoms with Gasteiger partial charge in [-0.1, -0.05) is 41.9 Å². The average molecular weight is 405 g/mol. The van der Waals surface area contributed by atoms with E-state index in [0.29, 0.717) is 16.5 Å². The highest BCUT2D eigenvalue weighted by Gasteiger charge is 2.42. The van der Waals surface area contributed by atoms with Crippen molar-refractivity contribution in [3.63, 3.8) is 0 Å². The van der Waals surface area contributed by atoms with Crippen molar-refractivity contribution in [1.29, 1.82) is 0 Å². The Labute approximate surface area is 168 Å². The lowest BCUT2D eigenvalue weighted by molar-refractivity contribution is -0.134. The van der Waals surface area contributed by atoms with E-state index in [4.69, 9.17) is 16.3 Å². The molecule has 1 aliphatic heterocycles. The van der Waals surface area contributed by atoms with E-state index in [1.54, 1.807) is 28.8 Å². The van der Waals surface area contributed by atoms with E-state index in [2.05, 4.69) is 5.32 Å². The van der Waals surface area contributed by atoms with Crippen LogP contribution in [-0.4, -0.2) is 34.8 Å². The lowest BCUT2D eigenvalue weighted by Gasteiger charge is -2.38. The van der Waals surface area contributed by atoms with Crippen LogP contribution in [0.1, 0.15) is 24.8 Å². The molecule has 2 aromatic rings. The highest BCUT2D eigenvalue weighted by Crippen LogP contribution is 2.43. The van der Waals surface area contributed by atoms with Crippen LogP contribution in [-0.2, 0) is 9.53 Å². The molecule has 1 atom stereocenters. The number of hydrogen-bond donors (Lipinski definition) is 1. The average Bonchev–Trinajstić information content (AvgIpc) is 3.04. The fourth-order valence-corrected chi connectivity index (χ4v) is 4.41. The van der Waals surface area contributed by atoms with Crippen LogP contribution in [0.25, 0.3) is 0 Å². The molecule has 0 aliphatic carbocycles. The van der Waals surface area contributed by atoms with E-state index < -0.39 is 11.6 Å². The number of benzene rings is 2. The summed E-state index contributed by atoms with van der Waals surface area (Å²) in [4.78, 5) is 26.4. The van der Waals surface area contributed by atoms with Gasteiger partial charge in [0.15, 0.2) is 0 Å². The van der Waals surface area contributed by atoms with E-state index in [-0.39, 0.29) is 17.9 Å². The van der Waals surface area contributed by atoms with E-state index in [1.165, 1.54) is 0 Å². The van der Waals surface area contributed by atoms with Crippen LogP contribution in [0.5, 0.6) is 0 Å². The van der Waals surface area contributed by atoms with Gasteiger partial charge in [0.25, 0.3) is 0 Å². The molecule has 5 nitrogen and oxygen atoms in total. The standard InChI is InChI=1S/C20H21ClN2O3S/c1-20(2,13-26-19(25)22-16-6-4-3-5-7-16)23-17(24)12-27-18(23)14-8-10-15(21)11-9-14/h3-11,18H,12-13H2,1-2H3,(H,22,25). The molecule has 7 heteroatoms. The van der Waals surface area contributed by atoms with Crippen molar-refractivity contribution in [3.05, 3.63) is 65.2 Å². The number of nitrogens with one attached hydrogen (secondary N) is 1. The number of carbonyl (C=O) groups is 2. The number of anilines is 1. The topological polar surface area (TPSA) is 58.6 Å². The Hall–Kier alpha value is -2.18. The van der Waals surface area contributed by atoms with Crippen molar-refractivity contribution < 1.29 is 14.3 Å². The number of hydrogen-bond acceptors (Lipinski definition) is 4. The van der Waals surface area contributed by atoms with Gasteiger partial charge >= 0.3 is 6.09 Å². The molecule has 0 saturated carbocycles. The molecule has 27 heavy (non-hydrogen) atoms. The van der Waals surface area contributed by atoms with Gasteiger partial charge in [0.05, 0.1) is 11.3 Å². The molecule has 0 bridgehead atoms. The minimum Gasteiger partial charge on any atom is -0.447 e. The van der Waals surface area contributed by atoms with Crippen molar-refractivity contribution in [2.24, 2.45) is 0 Å². The fraction of sp³-hybridized carbons (Fsp3) is 0.300. The molecule has 0 aromatic heterocycles. The predicted octanol–water partition coefficient (Wildman–Crippen LogP) is 4.94. The number of ether oxygens (including phenoxy) is 1. The van der Waals surface area contributed by atoms with Gasteiger partial charge in [-0.05, 0) is 43.7 Å². The molecule has 0 spiro atoms. The number of halogens is 1. The molecule has 2 aromatic carbocycles. The number of nitrogens with zero attached hydrogens (tertiary/aromatic N) is 1. The second kappa shape index (κ2) is 8.23. The first-order chi connectivity index (χ1) is 12.9. The van der Waals surface area contributed by atoms with Crippen LogP contribution in [0.15, 0.2) is 54.6 Å². The summed E-state index contributed by atoms with van der Waals surface area (Å²) >= 11 is 7.53. The highest BCUT2D eigenvalue weighted by molar-refractivity contribution is 8.00. The molecule has 142 valence electrons. The minimum absolute atomic E-state index is 0.0250. The molecule has 1 N–H and O–H groups in total. The number of carbonyl (C=O) groups excluding carboxylic acids is 2. The van der Waals surface area contributed by atoms with Crippen molar-refractivity contribution in [2.75, 3.05) is 17.7 Å². The Morgan fingerprint density at radius 1 is 1.22 bits per heavy atom. The first-order valence-electron chi connectivity index (χ1n) is 8.55. The summed E-state index contributed by atoms with van der Waals surface area (Å²) in [5.41, 5.74) is 1.00. The van der Waals surface area contributed by atoms with Gasteiger partial charge in [0, 0.05) is 10.7 Å². The summed E-state index contributed by atoms with van der Waals surface area (Å²) in [6.07, 6.45) is -0.545. The third-order valence-electron chi connectivity index (χ3n) is 4.25. The highest BCUT2D eigenvalue weighted by atomic mass is 35.5. The Balaban J connectivity index is 1.67. The van der Waals surface area contributed by atoms with E-state index in [0.717, 1.165) is 5.56 Å². The van der Waals surface area contributed by atoms with Crippen LogP contribution in [0.2, 0.25) is 5.02 Å². The smallest absolute Gasteiger partial charge is 0.411 e. The van der Waals surface area contributed by atoms with Gasteiger partial charge in [-0.25, -0.2) is 4.79 Å². The zero-order valence-electron chi connectivity index (χ0n) is 15.1. The van der Waals surface area contributed by atoms with Gasteiger partial charge in [-0.2, -0.15) is 0 Å². The number of thioether (sulfide) groups is 1. The molecule has 1 heterocycles. The Morgan fingerprint density at radius 3 is 2.56 bits per heavy atom. The van der Waals surface area contributed by atoms with Crippen LogP contribution >= 0.6 is 23.4 Å². The van der Waals surface area contributed by atoms with Crippen molar-refractivity contribution >= 4 is 41.1 Å². The maximum atomic E-state index is 12.5. The van der Waals surface area contributed by atoms with Crippen LogP contribution in [0, 0.1) is 0 Å². The second-order valence-electron chi connectivity index (χ2n) is 6.86. The summed E-state index contributed by atoms with van der Waals surface area (Å²) < 4.78 is 5.40. The van der Waals surface area contributed by atoms with Crippen molar-refractivity contribution in [3.8, 4) is 0 Å². The fourth-order valence-electron chi connectivity index (χ4n) is 2.94. The lowest BCUT2D eigenvalue weighted by atomic mass is 10.0.